The molecule has 2 aliphatic heterocycles. The fourth-order valence-electron chi connectivity index (χ4n) is 14.9. The van der Waals surface area contributed by atoms with Crippen LogP contribution in [0.4, 0.5) is 0 Å². The van der Waals surface area contributed by atoms with Crippen molar-refractivity contribution >= 4 is 176 Å². The topological polar surface area (TPSA) is 738 Å². The number of fused-ring (bicyclic) bond motifs is 5. The number of Topliss-reactive ketones (excluding diaryl/α,β-unsaturated/α-hetero) is 2. The summed E-state index contributed by atoms with van der Waals surface area (Å²) < 4.78 is 0. The lowest BCUT2D eigenvalue weighted by Gasteiger charge is -2.36. The van der Waals surface area contributed by atoms with Crippen LogP contribution < -0.4 is 97.0 Å². The second-order valence-corrected chi connectivity index (χ2v) is 40.1. The highest BCUT2D eigenvalue weighted by Crippen LogP contribution is 2.34. The molecular weight excluding hydrogens is 1940 g/mol. The van der Waals surface area contributed by atoms with Gasteiger partial charge in [-0.25, -0.2) is 0 Å². The van der Waals surface area contributed by atoms with Crippen molar-refractivity contribution in [2.75, 3.05) is 37.4 Å². The first-order chi connectivity index (χ1) is 67.5. The van der Waals surface area contributed by atoms with E-state index in [0.717, 1.165) is 49.1 Å². The van der Waals surface area contributed by atoms with E-state index in [-0.39, 0.29) is 51.3 Å². The largest absolute Gasteiger partial charge is 0.508 e. The maximum atomic E-state index is 15.6. The van der Waals surface area contributed by atoms with Crippen molar-refractivity contribution in [1.29, 1.82) is 0 Å². The SMILES string of the molecule is C[C@H](NC(C)(C)C(=O)CN(C)C(C)(C)C(=O)CCN)C(=O)N[C@H]1CSc2cc3cc(c2)SC[C@@H](NC(=O)[C@@H](C)NC(=O)[C@H](Cc2cccc4ccccc24)NC(=O)[C@H](CCC(=O)O)NC(=O)[C@H](CC(N)=O)NC(=O)[C@@H](C)NC1=O)C(=O)N[C@@H](CCC(=O)O)C(=O)N[C@@H](CC(=O)O)C(=O)N[C@@H](Cc1ccccc1)C(=O)N[C@@H](Cc1ccc(O)cc1)C(=O)NC(CC(=O)O)C(=O)N[C@@H](C(C)(C)C)C(=O)N[C@H](C(N)=O)CS3. The van der Waals surface area contributed by atoms with Crippen LogP contribution in [0.2, 0.25) is 0 Å². The van der Waals surface area contributed by atoms with Crippen LogP contribution >= 0.6 is 35.3 Å². The number of carboxylic acid groups (broad SMARTS) is 4. The molecule has 5 aromatic rings. The number of benzene rings is 5. The zero-order chi connectivity index (χ0) is 107. The molecule has 1 unspecified atom stereocenters. The molecule has 0 aromatic heterocycles. The Kier molecular flexibility index (Phi) is 43.6. The highest BCUT2D eigenvalue weighted by Gasteiger charge is 2.44. The van der Waals surface area contributed by atoms with Crippen LogP contribution in [0.1, 0.15) is 137 Å². The first-order valence-electron chi connectivity index (χ1n) is 45.8. The Bertz CT molecular complexity index is 5610. The van der Waals surface area contributed by atoms with E-state index >= 15 is 28.8 Å². The average Bonchev–Trinajstić information content (AvgIpc) is 0.888. The summed E-state index contributed by atoms with van der Waals surface area (Å²) >= 11 is 2.31. The summed E-state index contributed by atoms with van der Waals surface area (Å²) in [4.78, 5) is 317. The Hall–Kier alpha value is -14.2. The van der Waals surface area contributed by atoms with Gasteiger partial charge in [-0.1, -0.05) is 106 Å². The number of carbonyl (C=O) groups excluding carboxylic acids is 18. The predicted molar refractivity (Wildman–Crippen MR) is 524 cm³/mol. The van der Waals surface area contributed by atoms with Gasteiger partial charge in [-0.05, 0) is 138 Å². The molecule has 7 rings (SSSR count). The third-order valence-electron chi connectivity index (χ3n) is 23.5. The molecule has 0 spiro atoms. The Morgan fingerprint density at radius 1 is 0.438 bits per heavy atom. The molecule has 780 valence electrons. The Morgan fingerprint density at radius 3 is 1.37 bits per heavy atom. The minimum atomic E-state index is -2.27. The molecule has 2 heterocycles. The van der Waals surface area contributed by atoms with Crippen LogP contribution in [0, 0.1) is 5.41 Å². The number of hydrogen-bond donors (Lipinski definition) is 23. The van der Waals surface area contributed by atoms with Crippen molar-refractivity contribution < 1.29 is 131 Å². The third-order valence-corrected chi connectivity index (χ3v) is 26.7. The van der Waals surface area contributed by atoms with Crippen molar-refractivity contribution in [3.63, 3.8) is 0 Å². The van der Waals surface area contributed by atoms with Crippen molar-refractivity contribution in [2.24, 2.45) is 22.6 Å². The number of carboxylic acids is 4. The zero-order valence-electron chi connectivity index (χ0n) is 81.1. The number of likely N-dealkylation sites (N-methyl/N-ethyl adjacent to an activating group) is 1. The number of thioether (sulfide) groups is 3. The first kappa shape index (κ1) is 117. The molecule has 49 heteroatoms. The van der Waals surface area contributed by atoms with Crippen LogP contribution in [0.3, 0.4) is 0 Å². The molecule has 0 aliphatic carbocycles. The monoisotopic (exact) mass is 2060 g/mol. The summed E-state index contributed by atoms with van der Waals surface area (Å²) in [6.45, 7) is 13.8. The normalized spacial score (nSPS) is 22.9. The van der Waals surface area contributed by atoms with Gasteiger partial charge in [-0.2, -0.15) is 0 Å². The number of nitrogens with two attached hydrogens (primary N) is 3. The van der Waals surface area contributed by atoms with Crippen LogP contribution in [0.15, 0.2) is 130 Å². The fourth-order valence-corrected chi connectivity index (χ4v) is 18.1. The second-order valence-electron chi connectivity index (χ2n) is 36.8. The van der Waals surface area contributed by atoms with Gasteiger partial charge in [0.2, 0.25) is 94.5 Å². The molecule has 0 saturated carbocycles. The van der Waals surface area contributed by atoms with Gasteiger partial charge < -0.3 is 117 Å². The van der Waals surface area contributed by atoms with E-state index in [1.165, 1.54) is 120 Å². The van der Waals surface area contributed by atoms with E-state index in [1.54, 1.807) is 62.4 Å². The van der Waals surface area contributed by atoms with E-state index in [0.29, 0.717) is 21.9 Å². The van der Waals surface area contributed by atoms with Gasteiger partial charge in [-0.3, -0.25) is 116 Å². The van der Waals surface area contributed by atoms with Crippen molar-refractivity contribution in [2.45, 2.75) is 256 Å². The number of carbonyl (C=O) groups is 22. The maximum Gasteiger partial charge on any atom is 0.305 e. The number of phenols is 1. The minimum absolute atomic E-state index is 0.0124. The van der Waals surface area contributed by atoms with Crippen LogP contribution in [-0.4, -0.2) is 299 Å². The summed E-state index contributed by atoms with van der Waals surface area (Å²) in [5.74, 6) is -29.4. The quantitative estimate of drug-likeness (QED) is 0.0225. The predicted octanol–water partition coefficient (Wildman–Crippen LogP) is -2.56. The average molecular weight is 2060 g/mol. The molecule has 2 aliphatic rings. The van der Waals surface area contributed by atoms with E-state index in [1.807, 2.05) is 0 Å². The van der Waals surface area contributed by atoms with Gasteiger partial charge in [-0.15, -0.1) is 35.3 Å². The number of nitrogens with one attached hydrogen (secondary N) is 15. The number of nitrogens with zero attached hydrogens (tertiary/aromatic N) is 1. The van der Waals surface area contributed by atoms with Crippen LogP contribution in [0.5, 0.6) is 5.75 Å². The molecule has 0 radical (unpaired) electrons. The third kappa shape index (κ3) is 36.4. The van der Waals surface area contributed by atoms with Crippen LogP contribution in [-0.2, 0) is 125 Å². The smallest absolute Gasteiger partial charge is 0.305 e. The molecule has 15 atom stereocenters. The van der Waals surface area contributed by atoms with Gasteiger partial charge in [0.15, 0.2) is 11.6 Å². The first-order valence-corrected chi connectivity index (χ1v) is 48.8. The van der Waals surface area contributed by atoms with Gasteiger partial charge in [0, 0.05) is 70.5 Å². The summed E-state index contributed by atoms with van der Waals surface area (Å²) in [5.41, 5.74) is 14.1. The lowest BCUT2D eigenvalue weighted by Crippen LogP contribution is -2.62. The summed E-state index contributed by atoms with van der Waals surface area (Å²) in [6, 6.07) is 0.412. The fraction of sp³-hybridized carbons (Fsp3) is 0.474. The van der Waals surface area contributed by atoms with Crippen molar-refractivity contribution in [3.05, 3.63) is 132 Å². The Morgan fingerprint density at radius 2 is 0.861 bits per heavy atom. The number of hydrogen-bond acceptors (Lipinski definition) is 29. The number of phenolic OH excluding ortho intramolecular Hbond substituents is 1. The molecule has 16 amide bonds. The molecule has 46 nitrogen and oxygen atoms in total. The standard InChI is InChI=1S/C95H125N19O27S3/c1-47-79(128)103-64(40-72(97)118)87(136)101-59(28-30-73(119)120)82(131)106-63(36-53-22-17-21-52-20-15-16-23-58(52)53)84(133)99-48(2)80(129)110-69-46-144-57-38-55(37-56(39-57)143-45-68(90(139)100-47)111-81(130)49(3)113-94(7,8)71(117)43-114(11)95(9,10)70(116)32-33-96)142-44-67(78(98)127)109-92(141)77(93(4,5)6)112-89(138)66(42-76(125)126)108-86(135)62(35-51-24-26-54(115)27-25-51)104-85(134)61(34-50-18-13-12-14-19-50)105-88(137)65(41-75(123)124)107-83(132)60(102-91(69)140)29-31-74(121)122/h12-27,37-39,47-49,59-69,77,113,115H,28-36,40-46,96H2,1-11H3,(H2,97,118)(H2,98,127)(H,99,133)(H,100,139)(H,101,136)(H,102,140)(H,103,128)(H,104,134)(H,105,137)(H,106,131)(H,107,132)(H,108,135)(H,109,141)(H,110,129)(H,111,130)(H,112,138)(H,119,120)(H,121,122)(H,123,124)(H,125,126)/t47-,48-,49+,59+,60+,61+,62+,63+,64+,65+,66?,67+,68+,69-,77-/m1/s1. The summed E-state index contributed by atoms with van der Waals surface area (Å²) in [5, 5.41) is 89.5. The van der Waals surface area contributed by atoms with Crippen LogP contribution in [0.25, 0.3) is 10.8 Å². The molecule has 0 saturated heterocycles. The minimum Gasteiger partial charge on any atom is -0.508 e. The number of ketones is 2. The van der Waals surface area contributed by atoms with E-state index in [4.69, 9.17) is 17.2 Å². The number of amides is 16. The van der Waals surface area contributed by atoms with Gasteiger partial charge in [0.25, 0.3) is 0 Å². The van der Waals surface area contributed by atoms with E-state index in [2.05, 4.69) is 79.8 Å². The Balaban J connectivity index is 1.46. The lowest BCUT2D eigenvalue weighted by molar-refractivity contribution is -0.142. The zero-order valence-corrected chi connectivity index (χ0v) is 83.5. The van der Waals surface area contributed by atoms with E-state index < -0.39 is 313 Å². The van der Waals surface area contributed by atoms with Gasteiger partial charge in [0.1, 0.15) is 90.3 Å². The number of rotatable bonds is 30. The molecular formula is C95H125N19O27S3. The molecule has 4 bridgehead atoms. The molecule has 26 N–H and O–H groups in total. The second kappa shape index (κ2) is 53.8. The summed E-state index contributed by atoms with van der Waals surface area (Å²) in [6.07, 6.45) is -8.47. The van der Waals surface area contributed by atoms with Crippen molar-refractivity contribution in [3.8, 4) is 5.75 Å². The highest BCUT2D eigenvalue weighted by atomic mass is 32.2. The van der Waals surface area contributed by atoms with Gasteiger partial charge in [0.05, 0.1) is 42.9 Å². The number of aliphatic carboxylic acids is 4. The molecule has 144 heavy (non-hydrogen) atoms. The molecule has 0 fully saturated rings. The Labute approximate surface area is 841 Å². The van der Waals surface area contributed by atoms with Crippen molar-refractivity contribution in [1.82, 2.24) is 84.7 Å². The highest BCUT2D eigenvalue weighted by molar-refractivity contribution is 8.01. The molecule has 5 aromatic carbocycles. The number of aromatic hydroxyl groups is 1. The van der Waals surface area contributed by atoms with E-state index in [9.17, 15) is 102 Å². The lowest BCUT2D eigenvalue weighted by atomic mass is 9.85. The van der Waals surface area contributed by atoms with Gasteiger partial charge >= 0.3 is 23.9 Å². The summed E-state index contributed by atoms with van der Waals surface area (Å²) in [7, 11) is 1.54. The number of primary amides is 2. The maximum absolute atomic E-state index is 15.6.